The molecule has 0 amide bonds. The number of unbranched alkanes of at least 4 members (excludes halogenated alkanes) is 5. The van der Waals surface area contributed by atoms with Crippen LogP contribution in [0.15, 0.2) is 243 Å². The summed E-state index contributed by atoms with van der Waals surface area (Å²) in [5.41, 5.74) is -0.00993. The van der Waals surface area contributed by atoms with E-state index in [4.69, 9.17) is 75.8 Å². The third kappa shape index (κ3) is 23.8. The zero-order valence-corrected chi connectivity index (χ0v) is 63.1. The van der Waals surface area contributed by atoms with Crippen LogP contribution in [-0.4, -0.2) is 184 Å². The minimum absolute atomic E-state index is 0.0101. The first-order valence-electron chi connectivity index (χ1n) is 37.5. The van der Waals surface area contributed by atoms with Crippen molar-refractivity contribution in [3.8, 4) is 0 Å². The lowest BCUT2D eigenvalue weighted by atomic mass is 9.95. The maximum atomic E-state index is 14.9. The second-order valence-corrected chi connectivity index (χ2v) is 27.0. The lowest BCUT2D eigenvalue weighted by molar-refractivity contribution is -0.365. The number of esters is 10. The van der Waals surface area contributed by atoms with Gasteiger partial charge < -0.3 is 80.6 Å². The molecular weight excluding hydrogens is 1490 g/mol. The molecule has 27 nitrogen and oxygen atoms in total. The van der Waals surface area contributed by atoms with E-state index in [9.17, 15) is 52.7 Å². The molecule has 0 spiro atoms. The van der Waals surface area contributed by atoms with Gasteiger partial charge in [-0.05, 0) is 117 Å². The highest BCUT2D eigenvalue weighted by atomic mass is 16.8. The summed E-state index contributed by atoms with van der Waals surface area (Å²) in [6, 6.07) is 61.3. The molecule has 8 aromatic carbocycles. The second kappa shape index (κ2) is 42.1. The SMILES string of the molecule is CC(=O)CCCCCCCCOC1OC(COC2OC(COC(=O)c3ccccc3)C(OC(=O)c3ccccc3)C(OC(=O)c3ccccc3)C2OC(=O)c2ccccc2)C(OC(C)=O)C(OC2OC(COC(=O)c3ccccc3)C(OC(=O)c3ccccc3)C(OC(=O)c3ccccc3)C2OC(=O)c2ccccc2)C1OC(C)=O. The Morgan fingerprint density at radius 2 is 0.504 bits per heavy atom. The number of ether oxygens (including phenoxy) is 16. The number of benzene rings is 8. The topological polar surface area (TPSA) is 335 Å². The molecule has 8 aromatic rings. The summed E-state index contributed by atoms with van der Waals surface area (Å²) in [4.78, 5) is 156. The number of rotatable bonds is 35. The Bertz CT molecular complexity index is 4520. The van der Waals surface area contributed by atoms with Gasteiger partial charge in [0.2, 0.25) is 0 Å². The van der Waals surface area contributed by atoms with Crippen LogP contribution in [0.2, 0.25) is 0 Å². The molecular formula is C88H86O27. The predicted octanol–water partition coefficient (Wildman–Crippen LogP) is 11.8. The fourth-order valence-corrected chi connectivity index (χ4v) is 13.0. The monoisotopic (exact) mass is 1570 g/mol. The van der Waals surface area contributed by atoms with Crippen LogP contribution in [0.5, 0.6) is 0 Å². The van der Waals surface area contributed by atoms with Crippen LogP contribution >= 0.6 is 0 Å². The van der Waals surface area contributed by atoms with Crippen molar-refractivity contribution in [3.05, 3.63) is 287 Å². The van der Waals surface area contributed by atoms with E-state index < -0.39 is 172 Å². The Balaban J connectivity index is 1.04. The van der Waals surface area contributed by atoms with Crippen LogP contribution in [0, 0.1) is 0 Å². The van der Waals surface area contributed by atoms with Crippen molar-refractivity contribution >= 4 is 65.5 Å². The third-order valence-electron chi connectivity index (χ3n) is 18.6. The van der Waals surface area contributed by atoms with Crippen molar-refractivity contribution in [2.24, 2.45) is 0 Å². The van der Waals surface area contributed by atoms with Gasteiger partial charge in [0, 0.05) is 26.9 Å². The molecule has 3 fully saturated rings. The van der Waals surface area contributed by atoms with Crippen LogP contribution in [0.3, 0.4) is 0 Å². The molecule has 11 rings (SSSR count). The van der Waals surface area contributed by atoms with E-state index in [1.807, 2.05) is 0 Å². The number of carbonyl (C=O) groups excluding carboxylic acids is 11. The van der Waals surface area contributed by atoms with Gasteiger partial charge in [-0.2, -0.15) is 0 Å². The zero-order chi connectivity index (χ0) is 81.0. The summed E-state index contributed by atoms with van der Waals surface area (Å²) in [7, 11) is 0. The summed E-state index contributed by atoms with van der Waals surface area (Å²) < 4.78 is 103. The number of carbonyl (C=O) groups is 11. The number of hydrogen-bond acceptors (Lipinski definition) is 27. The molecule has 600 valence electrons. The molecule has 0 bridgehead atoms. The smallest absolute Gasteiger partial charge is 0.338 e. The Morgan fingerprint density at radius 1 is 0.252 bits per heavy atom. The standard InChI is InChI=1S/C88H86O27/c1-55(89)34-16-6-4-5-7-33-51-100-86-75(105-57(3)91)74(115-88-77(114-85(99)65-49-31-15-32-50-65)73(112-83(97)63-45-27-13-28-46-63)71(110-81(95)61-41-23-11-24-42-61)67(108-88)53-102-79(93)59-37-19-9-20-38-59)69(104-56(2)90)68(106-86)54-103-87-76(113-84(98)64-47-29-14-30-48-64)72(111-82(96)62-43-25-12-26-44-62)70(109-80(94)60-39-21-10-22-40-60)66(107-87)52-101-78(92)58-35-17-8-18-36-58/h8-15,17-32,35-50,66-77,86-88H,4-7,16,33-34,51-54H2,1-3H3. The van der Waals surface area contributed by atoms with Gasteiger partial charge in [0.05, 0.1) is 51.1 Å². The quantitative estimate of drug-likeness (QED) is 0.0202. The van der Waals surface area contributed by atoms with Gasteiger partial charge >= 0.3 is 59.7 Å². The predicted molar refractivity (Wildman–Crippen MR) is 404 cm³/mol. The average molecular weight is 1580 g/mol. The fourth-order valence-electron chi connectivity index (χ4n) is 13.0. The number of Topliss-reactive ketones (excluding diaryl/α,β-unsaturated/α-hetero) is 1. The molecule has 3 aliphatic rings. The minimum atomic E-state index is -2.20. The fraction of sp³-hybridized carbons (Fsp3) is 0.330. The Hall–Kier alpha value is -12.1. The van der Waals surface area contributed by atoms with Crippen molar-refractivity contribution in [2.45, 2.75) is 158 Å². The zero-order valence-electron chi connectivity index (χ0n) is 63.1. The van der Waals surface area contributed by atoms with Crippen molar-refractivity contribution < 1.29 is 129 Å². The first-order chi connectivity index (χ1) is 55.8. The lowest BCUT2D eigenvalue weighted by Crippen LogP contribution is -2.68. The van der Waals surface area contributed by atoms with Crippen LogP contribution in [0.4, 0.5) is 0 Å². The van der Waals surface area contributed by atoms with Crippen molar-refractivity contribution in [1.82, 2.24) is 0 Å². The second-order valence-electron chi connectivity index (χ2n) is 27.0. The van der Waals surface area contributed by atoms with E-state index in [0.29, 0.717) is 32.1 Å². The van der Waals surface area contributed by atoms with Gasteiger partial charge in [0.15, 0.2) is 67.7 Å². The van der Waals surface area contributed by atoms with Gasteiger partial charge in [-0.1, -0.05) is 171 Å². The van der Waals surface area contributed by atoms with Crippen LogP contribution in [-0.2, 0) is 90.2 Å². The Kier molecular flexibility index (Phi) is 30.7. The largest absolute Gasteiger partial charge is 0.459 e. The van der Waals surface area contributed by atoms with E-state index in [2.05, 4.69) is 0 Å². The average Bonchev–Trinajstić information content (AvgIpc) is 0.763. The van der Waals surface area contributed by atoms with Gasteiger partial charge in [0.25, 0.3) is 0 Å². The first kappa shape index (κ1) is 83.8. The van der Waals surface area contributed by atoms with E-state index in [0.717, 1.165) is 26.7 Å². The Morgan fingerprint density at radius 3 is 0.843 bits per heavy atom. The highest BCUT2D eigenvalue weighted by molar-refractivity contribution is 5.94. The lowest BCUT2D eigenvalue weighted by Gasteiger charge is -2.49. The molecule has 15 unspecified atom stereocenters. The van der Waals surface area contributed by atoms with E-state index >= 15 is 0 Å². The van der Waals surface area contributed by atoms with Crippen molar-refractivity contribution in [1.29, 1.82) is 0 Å². The molecule has 115 heavy (non-hydrogen) atoms. The summed E-state index contributed by atoms with van der Waals surface area (Å²) >= 11 is 0. The molecule has 0 N–H and O–H groups in total. The van der Waals surface area contributed by atoms with Crippen molar-refractivity contribution in [2.75, 3.05) is 26.4 Å². The first-order valence-corrected chi connectivity index (χ1v) is 37.5. The third-order valence-corrected chi connectivity index (χ3v) is 18.6. The summed E-state index contributed by atoms with van der Waals surface area (Å²) in [6.45, 7) is 0.970. The molecule has 0 saturated carbocycles. The highest BCUT2D eigenvalue weighted by Gasteiger charge is 2.60. The normalized spacial score (nSPS) is 22.9. The van der Waals surface area contributed by atoms with Gasteiger partial charge in [-0.15, -0.1) is 0 Å². The summed E-state index contributed by atoms with van der Waals surface area (Å²) in [5, 5.41) is 0. The maximum absolute atomic E-state index is 14.9. The minimum Gasteiger partial charge on any atom is -0.459 e. The van der Waals surface area contributed by atoms with Crippen LogP contribution in [0.1, 0.15) is 149 Å². The summed E-state index contributed by atoms with van der Waals surface area (Å²) in [6.07, 6.45) is -24.6. The molecule has 3 saturated heterocycles. The van der Waals surface area contributed by atoms with Gasteiger partial charge in [-0.3, -0.25) is 9.59 Å². The summed E-state index contributed by atoms with van der Waals surface area (Å²) in [5.74, 6) is -9.99. The number of ketones is 1. The van der Waals surface area contributed by atoms with Gasteiger partial charge in [0.1, 0.15) is 43.4 Å². The highest BCUT2D eigenvalue weighted by Crippen LogP contribution is 2.39. The van der Waals surface area contributed by atoms with Crippen LogP contribution in [0.25, 0.3) is 0 Å². The van der Waals surface area contributed by atoms with Crippen molar-refractivity contribution in [3.63, 3.8) is 0 Å². The molecule has 0 aromatic heterocycles. The molecule has 3 heterocycles. The molecule has 27 heteroatoms. The molecule has 0 radical (unpaired) electrons. The molecule has 3 aliphatic heterocycles. The molecule has 15 atom stereocenters. The van der Waals surface area contributed by atoms with E-state index in [1.165, 1.54) is 116 Å². The molecule has 0 aliphatic carbocycles. The van der Waals surface area contributed by atoms with Crippen LogP contribution < -0.4 is 0 Å². The van der Waals surface area contributed by atoms with Gasteiger partial charge in [-0.25, -0.2) is 38.4 Å². The Labute approximate surface area is 662 Å². The van der Waals surface area contributed by atoms with E-state index in [1.54, 1.807) is 133 Å². The maximum Gasteiger partial charge on any atom is 0.338 e. The van der Waals surface area contributed by atoms with E-state index in [-0.39, 0.29) is 56.9 Å². The number of hydrogen-bond donors (Lipinski definition) is 0.